The minimum absolute atomic E-state index is 0.246. The number of hydrogen-bond acceptors (Lipinski definition) is 8. The van der Waals surface area contributed by atoms with Gasteiger partial charge in [-0.25, -0.2) is 29.1 Å². The van der Waals surface area contributed by atoms with Crippen LogP contribution in [-0.4, -0.2) is 65.4 Å². The van der Waals surface area contributed by atoms with E-state index >= 15 is 0 Å². The van der Waals surface area contributed by atoms with Crippen molar-refractivity contribution in [3.8, 4) is 11.4 Å². The second kappa shape index (κ2) is 10.8. The van der Waals surface area contributed by atoms with Crippen molar-refractivity contribution in [2.45, 2.75) is 26.3 Å². The molecule has 2 aliphatic rings. The number of aromatic nitrogens is 4. The van der Waals surface area contributed by atoms with E-state index in [9.17, 15) is 9.18 Å². The van der Waals surface area contributed by atoms with Crippen LogP contribution < -0.4 is 20.4 Å². The van der Waals surface area contributed by atoms with Crippen molar-refractivity contribution in [2.75, 3.05) is 54.5 Å². The maximum Gasteiger partial charge on any atom is 0.319 e. The van der Waals surface area contributed by atoms with Gasteiger partial charge in [0, 0.05) is 49.6 Å². The van der Waals surface area contributed by atoms with Gasteiger partial charge in [-0.3, -0.25) is 0 Å². The zero-order valence-electron chi connectivity index (χ0n) is 20.2. The van der Waals surface area contributed by atoms with E-state index in [2.05, 4.69) is 25.5 Å². The lowest BCUT2D eigenvalue weighted by atomic mass is 10.0. The number of halogens is 1. The summed E-state index contributed by atoms with van der Waals surface area (Å²) in [5, 5.41) is 5.53. The number of nitrogens with zero attached hydrogens (tertiary/aromatic N) is 6. The van der Waals surface area contributed by atoms with Crippen molar-refractivity contribution in [2.24, 2.45) is 0 Å². The molecule has 1 fully saturated rings. The number of rotatable bonds is 5. The van der Waals surface area contributed by atoms with Crippen LogP contribution in [0.1, 0.15) is 24.6 Å². The first-order chi connectivity index (χ1) is 17.6. The highest BCUT2D eigenvalue weighted by atomic mass is 19.1. The molecule has 11 heteroatoms. The Labute approximate surface area is 208 Å². The lowest BCUT2D eigenvalue weighted by Gasteiger charge is -2.32. The van der Waals surface area contributed by atoms with Crippen molar-refractivity contribution < 1.29 is 13.9 Å². The van der Waals surface area contributed by atoms with Crippen molar-refractivity contribution in [3.63, 3.8) is 0 Å². The van der Waals surface area contributed by atoms with E-state index in [0.717, 1.165) is 55.2 Å². The fourth-order valence-electron chi connectivity index (χ4n) is 4.44. The minimum atomic E-state index is -0.462. The Morgan fingerprint density at radius 1 is 1.06 bits per heavy atom. The van der Waals surface area contributed by atoms with Crippen molar-refractivity contribution in [1.29, 1.82) is 0 Å². The smallest absolute Gasteiger partial charge is 0.319 e. The zero-order chi connectivity index (χ0) is 24.9. The Morgan fingerprint density at radius 2 is 1.86 bits per heavy atom. The third kappa shape index (κ3) is 5.35. The molecule has 0 radical (unpaired) electrons. The molecular formula is C25H29FN8O2. The van der Waals surface area contributed by atoms with Gasteiger partial charge in [0.25, 0.3) is 0 Å². The van der Waals surface area contributed by atoms with Crippen molar-refractivity contribution in [1.82, 2.24) is 25.3 Å². The number of ether oxygens (including phenoxy) is 1. The van der Waals surface area contributed by atoms with E-state index in [0.29, 0.717) is 43.7 Å². The highest BCUT2D eigenvalue weighted by Crippen LogP contribution is 2.31. The largest absolute Gasteiger partial charge is 0.380 e. The van der Waals surface area contributed by atoms with Crippen LogP contribution in [0.15, 0.2) is 36.7 Å². The van der Waals surface area contributed by atoms with Gasteiger partial charge < -0.3 is 25.2 Å². The normalized spacial score (nSPS) is 15.7. The summed E-state index contributed by atoms with van der Waals surface area (Å²) in [6.07, 6.45) is 4.03. The van der Waals surface area contributed by atoms with Gasteiger partial charge in [-0.15, -0.1) is 0 Å². The molecule has 0 aliphatic carbocycles. The van der Waals surface area contributed by atoms with Crippen LogP contribution in [0.3, 0.4) is 0 Å². The molecule has 0 atom stereocenters. The van der Waals surface area contributed by atoms with Crippen LogP contribution in [0, 0.1) is 5.82 Å². The standard InChI is InChI=1S/C25H29FN8O2/c1-2-27-25(35)30-19-6-4-17(5-7-19)22-31-21-16-34(24-28-14-18(26)15-29-24)10-8-20(21)23(32-22)33-9-3-12-36-13-11-33/h4-7,14-15H,2-3,8-13,16H2,1H3,(H2,27,30,35). The van der Waals surface area contributed by atoms with E-state index in [1.807, 2.05) is 36.1 Å². The molecular weight excluding hydrogens is 463 g/mol. The average molecular weight is 493 g/mol. The van der Waals surface area contributed by atoms with Gasteiger partial charge >= 0.3 is 6.03 Å². The lowest BCUT2D eigenvalue weighted by Crippen LogP contribution is -2.36. The number of hydrogen-bond donors (Lipinski definition) is 2. The predicted molar refractivity (Wildman–Crippen MR) is 135 cm³/mol. The first-order valence-electron chi connectivity index (χ1n) is 12.2. The molecule has 0 saturated carbocycles. The van der Waals surface area contributed by atoms with Gasteiger partial charge in [-0.05, 0) is 44.0 Å². The van der Waals surface area contributed by atoms with Crippen LogP contribution in [0.5, 0.6) is 0 Å². The van der Waals surface area contributed by atoms with Crippen LogP contribution in [0.4, 0.5) is 26.6 Å². The molecule has 0 bridgehead atoms. The highest BCUT2D eigenvalue weighted by molar-refractivity contribution is 5.89. The molecule has 2 N–H and O–H groups in total. The first-order valence-corrected chi connectivity index (χ1v) is 12.2. The molecule has 2 aliphatic heterocycles. The number of benzene rings is 1. The van der Waals surface area contributed by atoms with Crippen molar-refractivity contribution in [3.05, 3.63) is 53.7 Å². The molecule has 1 saturated heterocycles. The molecule has 36 heavy (non-hydrogen) atoms. The average Bonchev–Trinajstić information content (AvgIpc) is 3.18. The van der Waals surface area contributed by atoms with Crippen LogP contribution in [-0.2, 0) is 17.7 Å². The number of carbonyl (C=O) groups is 1. The van der Waals surface area contributed by atoms with Gasteiger partial charge in [-0.2, -0.15) is 0 Å². The van der Waals surface area contributed by atoms with Crippen LogP contribution >= 0.6 is 0 Å². The SMILES string of the molecule is CCNC(=O)Nc1ccc(-c2nc3c(c(N4CCCOCC4)n2)CCN(c2ncc(F)cn2)C3)cc1. The molecule has 5 rings (SSSR count). The Balaban J connectivity index is 1.48. The topological polar surface area (TPSA) is 108 Å². The van der Waals surface area contributed by atoms with Gasteiger partial charge in [-0.1, -0.05) is 0 Å². The summed E-state index contributed by atoms with van der Waals surface area (Å²) < 4.78 is 19.0. The summed E-state index contributed by atoms with van der Waals surface area (Å²) in [5.41, 5.74) is 3.56. The predicted octanol–water partition coefficient (Wildman–Crippen LogP) is 3.00. The van der Waals surface area contributed by atoms with Crippen molar-refractivity contribution >= 4 is 23.5 Å². The summed E-state index contributed by atoms with van der Waals surface area (Å²) in [7, 11) is 0. The van der Waals surface area contributed by atoms with Gasteiger partial charge in [0.1, 0.15) is 5.82 Å². The number of fused-ring (bicyclic) bond motifs is 1. The fourth-order valence-corrected chi connectivity index (χ4v) is 4.44. The molecule has 3 aromatic rings. The fraction of sp³-hybridized carbons (Fsp3) is 0.400. The van der Waals surface area contributed by atoms with Crippen LogP contribution in [0.25, 0.3) is 11.4 Å². The quantitative estimate of drug-likeness (QED) is 0.560. The maximum absolute atomic E-state index is 13.4. The second-order valence-electron chi connectivity index (χ2n) is 8.68. The molecule has 188 valence electrons. The molecule has 2 aromatic heterocycles. The highest BCUT2D eigenvalue weighted by Gasteiger charge is 2.27. The molecule has 4 heterocycles. The van der Waals surface area contributed by atoms with Gasteiger partial charge in [0.2, 0.25) is 5.95 Å². The van der Waals surface area contributed by atoms with E-state index in [1.54, 1.807) is 0 Å². The molecule has 0 unspecified atom stereocenters. The van der Waals surface area contributed by atoms with E-state index in [-0.39, 0.29) is 6.03 Å². The number of amides is 2. The summed E-state index contributed by atoms with van der Waals surface area (Å²) in [5.74, 6) is 1.56. The van der Waals surface area contributed by atoms with Gasteiger partial charge in [0.05, 0.1) is 31.2 Å². The monoisotopic (exact) mass is 492 g/mol. The zero-order valence-corrected chi connectivity index (χ0v) is 20.2. The lowest BCUT2D eigenvalue weighted by molar-refractivity contribution is 0.152. The third-order valence-electron chi connectivity index (χ3n) is 6.19. The van der Waals surface area contributed by atoms with E-state index in [1.165, 1.54) is 12.4 Å². The van der Waals surface area contributed by atoms with Gasteiger partial charge in [0.15, 0.2) is 11.6 Å². The summed E-state index contributed by atoms with van der Waals surface area (Å²) >= 11 is 0. The van der Waals surface area contributed by atoms with E-state index in [4.69, 9.17) is 14.7 Å². The number of urea groups is 1. The number of carbonyl (C=O) groups excluding carboxylic acids is 1. The first kappa shape index (κ1) is 23.9. The number of anilines is 3. The molecule has 0 spiro atoms. The Bertz CT molecular complexity index is 1200. The summed E-state index contributed by atoms with van der Waals surface area (Å²) in [4.78, 5) is 34.4. The van der Waals surface area contributed by atoms with Crippen LogP contribution in [0.2, 0.25) is 0 Å². The maximum atomic E-state index is 13.4. The molecule has 1 aromatic carbocycles. The number of nitrogens with one attached hydrogen (secondary N) is 2. The Hall–Kier alpha value is -3.86. The molecule has 2 amide bonds. The summed E-state index contributed by atoms with van der Waals surface area (Å²) in [6.45, 7) is 6.65. The third-order valence-corrected chi connectivity index (χ3v) is 6.19. The minimum Gasteiger partial charge on any atom is -0.380 e. The second-order valence-corrected chi connectivity index (χ2v) is 8.68. The summed E-state index contributed by atoms with van der Waals surface area (Å²) in [6, 6.07) is 7.24. The van der Waals surface area contributed by atoms with E-state index < -0.39 is 5.82 Å². The Kier molecular flexibility index (Phi) is 7.17. The molecule has 10 nitrogen and oxygen atoms in total. The Morgan fingerprint density at radius 3 is 2.64 bits per heavy atom.